The number of nitrogens with one attached hydrogen (secondary N) is 1. The Bertz CT molecular complexity index is 420. The van der Waals surface area contributed by atoms with Gasteiger partial charge >= 0.3 is 5.97 Å². The molecule has 0 radical (unpaired) electrons. The van der Waals surface area contributed by atoms with E-state index in [1.165, 1.54) is 19.2 Å². The zero-order valence-corrected chi connectivity index (χ0v) is 9.64. The first-order chi connectivity index (χ1) is 8.06. The number of carbonyl (C=O) groups excluding carboxylic acids is 1. The van der Waals surface area contributed by atoms with Crippen molar-refractivity contribution in [3.63, 3.8) is 0 Å². The maximum atomic E-state index is 11.8. The Hall–Kier alpha value is -2.11. The third-order valence-electron chi connectivity index (χ3n) is 2.01. The third-order valence-corrected chi connectivity index (χ3v) is 2.01. The normalized spacial score (nSPS) is 11.6. The molecular formula is C11H14N2O4. The van der Waals surface area contributed by atoms with Gasteiger partial charge in [0.2, 0.25) is 5.88 Å². The summed E-state index contributed by atoms with van der Waals surface area (Å²) in [7, 11) is 0. The number of amides is 1. The van der Waals surface area contributed by atoms with Gasteiger partial charge in [0.1, 0.15) is 11.6 Å². The molecular weight excluding hydrogens is 224 g/mol. The molecule has 1 aromatic heterocycles. The first-order valence-electron chi connectivity index (χ1n) is 5.17. The molecule has 1 atom stereocenters. The van der Waals surface area contributed by atoms with Gasteiger partial charge in [0.05, 0.1) is 6.61 Å². The molecule has 0 bridgehead atoms. The number of hydrogen-bond acceptors (Lipinski definition) is 4. The van der Waals surface area contributed by atoms with Crippen LogP contribution >= 0.6 is 0 Å². The van der Waals surface area contributed by atoms with E-state index in [0.29, 0.717) is 6.61 Å². The highest BCUT2D eigenvalue weighted by atomic mass is 16.5. The fourth-order valence-corrected chi connectivity index (χ4v) is 1.15. The standard InChI is InChI=1S/C11H14N2O4/c1-3-17-10-8(5-4-6-12-10)9(14)13-7(2)11(15)16/h4-7H,3H2,1-2H3,(H,13,14)(H,15,16)/t7-/m1/s1. The highest BCUT2D eigenvalue weighted by molar-refractivity contribution is 5.98. The molecule has 0 aliphatic carbocycles. The van der Waals surface area contributed by atoms with Crippen LogP contribution in [-0.4, -0.2) is 34.6 Å². The third kappa shape index (κ3) is 3.44. The van der Waals surface area contributed by atoms with Crippen molar-refractivity contribution in [1.29, 1.82) is 0 Å². The van der Waals surface area contributed by atoms with Crippen molar-refractivity contribution in [2.75, 3.05) is 6.61 Å². The van der Waals surface area contributed by atoms with Crippen LogP contribution in [0.15, 0.2) is 18.3 Å². The zero-order chi connectivity index (χ0) is 12.8. The van der Waals surface area contributed by atoms with Crippen molar-refractivity contribution >= 4 is 11.9 Å². The molecule has 1 rings (SSSR count). The summed E-state index contributed by atoms with van der Waals surface area (Å²) in [6.07, 6.45) is 1.50. The van der Waals surface area contributed by atoms with Crippen LogP contribution in [-0.2, 0) is 4.79 Å². The molecule has 6 heteroatoms. The fraction of sp³-hybridized carbons (Fsp3) is 0.364. The molecule has 0 spiro atoms. The second-order valence-corrected chi connectivity index (χ2v) is 3.32. The number of rotatable bonds is 5. The topological polar surface area (TPSA) is 88.5 Å². The summed E-state index contributed by atoms with van der Waals surface area (Å²) in [5, 5.41) is 11.0. The molecule has 0 unspecified atom stereocenters. The molecule has 1 aromatic rings. The van der Waals surface area contributed by atoms with E-state index < -0.39 is 17.9 Å². The average Bonchev–Trinajstić information content (AvgIpc) is 2.29. The number of aliphatic carboxylic acids is 1. The minimum atomic E-state index is -1.10. The predicted molar refractivity (Wildman–Crippen MR) is 60.0 cm³/mol. The van der Waals surface area contributed by atoms with E-state index >= 15 is 0 Å². The molecule has 92 valence electrons. The Morgan fingerprint density at radius 2 is 2.29 bits per heavy atom. The highest BCUT2D eigenvalue weighted by Gasteiger charge is 2.18. The molecule has 0 aliphatic rings. The van der Waals surface area contributed by atoms with E-state index in [1.807, 2.05) is 0 Å². The molecule has 6 nitrogen and oxygen atoms in total. The highest BCUT2D eigenvalue weighted by Crippen LogP contribution is 2.14. The maximum absolute atomic E-state index is 11.8. The van der Waals surface area contributed by atoms with Gasteiger partial charge in [-0.05, 0) is 26.0 Å². The summed E-state index contributed by atoms with van der Waals surface area (Å²) in [5.41, 5.74) is 0.224. The number of nitrogens with zero attached hydrogens (tertiary/aromatic N) is 1. The van der Waals surface area contributed by atoms with Gasteiger partial charge in [-0.3, -0.25) is 9.59 Å². The Morgan fingerprint density at radius 1 is 1.59 bits per heavy atom. The maximum Gasteiger partial charge on any atom is 0.325 e. The van der Waals surface area contributed by atoms with Crippen LogP contribution in [0, 0.1) is 0 Å². The minimum absolute atomic E-state index is 0.199. The molecule has 1 heterocycles. The molecule has 2 N–H and O–H groups in total. The number of aromatic nitrogens is 1. The summed E-state index contributed by atoms with van der Waals surface area (Å²) in [6.45, 7) is 3.54. The number of ether oxygens (including phenoxy) is 1. The molecule has 17 heavy (non-hydrogen) atoms. The van der Waals surface area contributed by atoms with Crippen LogP contribution in [0.5, 0.6) is 5.88 Å². The minimum Gasteiger partial charge on any atom is -0.480 e. The summed E-state index contributed by atoms with van der Waals surface area (Å²) in [5.74, 6) is -1.42. The average molecular weight is 238 g/mol. The lowest BCUT2D eigenvalue weighted by Gasteiger charge is -2.11. The van der Waals surface area contributed by atoms with Crippen LogP contribution in [0.3, 0.4) is 0 Å². The largest absolute Gasteiger partial charge is 0.480 e. The second kappa shape index (κ2) is 5.83. The molecule has 0 fully saturated rings. The van der Waals surface area contributed by atoms with E-state index in [1.54, 1.807) is 13.0 Å². The van der Waals surface area contributed by atoms with Gasteiger partial charge in [-0.1, -0.05) is 0 Å². The van der Waals surface area contributed by atoms with Gasteiger partial charge in [0.25, 0.3) is 5.91 Å². The number of hydrogen-bond donors (Lipinski definition) is 2. The van der Waals surface area contributed by atoms with Crippen molar-refractivity contribution in [2.24, 2.45) is 0 Å². The summed E-state index contributed by atoms with van der Waals surface area (Å²) < 4.78 is 5.18. The van der Waals surface area contributed by atoms with Crippen molar-refractivity contribution in [3.8, 4) is 5.88 Å². The van der Waals surface area contributed by atoms with Gasteiger partial charge in [-0.25, -0.2) is 4.98 Å². The smallest absolute Gasteiger partial charge is 0.325 e. The van der Waals surface area contributed by atoms with Crippen LogP contribution in [0.25, 0.3) is 0 Å². The Balaban J connectivity index is 2.84. The monoisotopic (exact) mass is 238 g/mol. The zero-order valence-electron chi connectivity index (χ0n) is 9.64. The van der Waals surface area contributed by atoms with Gasteiger partial charge in [-0.15, -0.1) is 0 Å². The molecule has 0 saturated carbocycles. The summed E-state index contributed by atoms with van der Waals surface area (Å²) in [4.78, 5) is 26.3. The van der Waals surface area contributed by atoms with Gasteiger partial charge in [0.15, 0.2) is 0 Å². The van der Waals surface area contributed by atoms with Crippen molar-refractivity contribution in [2.45, 2.75) is 19.9 Å². The Kier molecular flexibility index (Phi) is 4.45. The van der Waals surface area contributed by atoms with Crippen LogP contribution in [0.2, 0.25) is 0 Å². The van der Waals surface area contributed by atoms with E-state index in [-0.39, 0.29) is 11.4 Å². The first-order valence-corrected chi connectivity index (χ1v) is 5.17. The Morgan fingerprint density at radius 3 is 2.88 bits per heavy atom. The first kappa shape index (κ1) is 13.0. The lowest BCUT2D eigenvalue weighted by atomic mass is 10.2. The van der Waals surface area contributed by atoms with Gasteiger partial charge < -0.3 is 15.2 Å². The SMILES string of the molecule is CCOc1ncccc1C(=O)N[C@H](C)C(=O)O. The lowest BCUT2D eigenvalue weighted by molar-refractivity contribution is -0.138. The number of pyridine rings is 1. The Labute approximate surface area is 98.6 Å². The van der Waals surface area contributed by atoms with Crippen molar-refractivity contribution < 1.29 is 19.4 Å². The summed E-state index contributed by atoms with van der Waals surface area (Å²) in [6, 6.07) is 2.15. The number of carbonyl (C=O) groups is 2. The molecule has 0 aromatic carbocycles. The summed E-state index contributed by atoms with van der Waals surface area (Å²) >= 11 is 0. The van der Waals surface area contributed by atoms with Crippen molar-refractivity contribution in [1.82, 2.24) is 10.3 Å². The number of carboxylic acid groups (broad SMARTS) is 1. The van der Waals surface area contributed by atoms with Crippen LogP contribution in [0.1, 0.15) is 24.2 Å². The second-order valence-electron chi connectivity index (χ2n) is 3.32. The van der Waals surface area contributed by atoms with E-state index in [0.717, 1.165) is 0 Å². The lowest BCUT2D eigenvalue weighted by Crippen LogP contribution is -2.38. The van der Waals surface area contributed by atoms with E-state index in [2.05, 4.69) is 10.3 Å². The van der Waals surface area contributed by atoms with Crippen LogP contribution < -0.4 is 10.1 Å². The number of carboxylic acids is 1. The van der Waals surface area contributed by atoms with E-state index in [9.17, 15) is 9.59 Å². The fourth-order valence-electron chi connectivity index (χ4n) is 1.15. The van der Waals surface area contributed by atoms with Crippen molar-refractivity contribution in [3.05, 3.63) is 23.9 Å². The van der Waals surface area contributed by atoms with Gasteiger partial charge in [0, 0.05) is 6.20 Å². The van der Waals surface area contributed by atoms with E-state index in [4.69, 9.17) is 9.84 Å². The molecule has 0 saturated heterocycles. The molecule has 1 amide bonds. The van der Waals surface area contributed by atoms with Gasteiger partial charge in [-0.2, -0.15) is 0 Å². The molecule has 0 aliphatic heterocycles. The quantitative estimate of drug-likeness (QED) is 0.787. The van der Waals surface area contributed by atoms with Crippen LogP contribution in [0.4, 0.5) is 0 Å². The predicted octanol–water partition coefficient (Wildman–Crippen LogP) is 0.683.